The summed E-state index contributed by atoms with van der Waals surface area (Å²) in [5.41, 5.74) is -0.00762. The van der Waals surface area contributed by atoms with Crippen LogP contribution < -0.4 is 4.90 Å². The minimum absolute atomic E-state index is 0. The molecule has 0 atom stereocenters. The Morgan fingerprint density at radius 2 is 1.95 bits per heavy atom. The second-order valence-corrected chi connectivity index (χ2v) is 4.65. The Morgan fingerprint density at radius 3 is 2.38 bits per heavy atom. The maximum atomic E-state index is 11.0. The van der Waals surface area contributed by atoms with E-state index in [9.17, 15) is 14.9 Å². The number of carbonyl (C=O) groups is 1. The summed E-state index contributed by atoms with van der Waals surface area (Å²) in [4.78, 5) is 25.3. The van der Waals surface area contributed by atoms with Crippen LogP contribution in [-0.4, -0.2) is 54.6 Å². The molecule has 1 N–H and O–H groups in total. The van der Waals surface area contributed by atoms with Gasteiger partial charge in [-0.1, -0.05) is 0 Å². The first-order valence-electron chi connectivity index (χ1n) is 6.28. The van der Waals surface area contributed by atoms with Crippen molar-refractivity contribution in [2.45, 2.75) is 6.92 Å². The van der Waals surface area contributed by atoms with E-state index in [4.69, 9.17) is 5.11 Å². The molecule has 0 aliphatic rings. The van der Waals surface area contributed by atoms with Gasteiger partial charge in [0, 0.05) is 31.4 Å². The lowest BCUT2D eigenvalue weighted by molar-refractivity contribution is -0.385. The second kappa shape index (κ2) is 8.43. The molecule has 8 heteroatoms. The first-order valence-corrected chi connectivity index (χ1v) is 6.28. The molecule has 0 radical (unpaired) electrons. The van der Waals surface area contributed by atoms with Crippen LogP contribution in [0.5, 0.6) is 0 Å². The lowest BCUT2D eigenvalue weighted by atomic mass is 10.1. The van der Waals surface area contributed by atoms with E-state index in [1.54, 1.807) is 6.07 Å². The lowest BCUT2D eigenvalue weighted by Gasteiger charge is -2.24. The zero-order valence-electron chi connectivity index (χ0n) is 12.3. The molecule has 0 unspecified atom stereocenters. The number of nitro groups is 1. The van der Waals surface area contributed by atoms with Crippen LogP contribution in [0.4, 0.5) is 11.4 Å². The molecule has 1 rings (SSSR count). The van der Waals surface area contributed by atoms with Gasteiger partial charge in [0.25, 0.3) is 5.69 Å². The fourth-order valence-electron chi connectivity index (χ4n) is 1.84. The zero-order valence-corrected chi connectivity index (χ0v) is 13.1. The number of hydrogen-bond acceptors (Lipinski definition) is 5. The molecule has 1 aromatic rings. The highest BCUT2D eigenvalue weighted by molar-refractivity contribution is 5.93. The molecule has 0 saturated carbocycles. The van der Waals surface area contributed by atoms with Gasteiger partial charge in [0.2, 0.25) is 0 Å². The molecule has 21 heavy (non-hydrogen) atoms. The number of nitrogens with zero attached hydrogens (tertiary/aromatic N) is 3. The van der Waals surface area contributed by atoms with Gasteiger partial charge in [0.15, 0.2) is 0 Å². The quantitative estimate of drug-likeness (QED) is 0.612. The Labute approximate surface area is 129 Å². The number of likely N-dealkylation sites (N-methyl/N-ethyl adjacent to an activating group) is 2. The van der Waals surface area contributed by atoms with E-state index < -0.39 is 10.9 Å². The molecule has 118 valence electrons. The number of aromatic carboxylic acids is 1. The number of carboxylic acids is 1. The number of carboxylic acid groups (broad SMARTS) is 1. The van der Waals surface area contributed by atoms with Gasteiger partial charge in [-0.15, -0.1) is 12.4 Å². The minimum atomic E-state index is -1.29. The number of rotatable bonds is 7. The van der Waals surface area contributed by atoms with Crippen molar-refractivity contribution in [2.75, 3.05) is 38.6 Å². The molecule has 7 nitrogen and oxygen atoms in total. The average Bonchev–Trinajstić information content (AvgIpc) is 2.38. The van der Waals surface area contributed by atoms with E-state index in [0.717, 1.165) is 6.54 Å². The Morgan fingerprint density at radius 1 is 1.33 bits per heavy atom. The monoisotopic (exact) mass is 317 g/mol. The van der Waals surface area contributed by atoms with Crippen molar-refractivity contribution in [2.24, 2.45) is 0 Å². The maximum absolute atomic E-state index is 11.0. The van der Waals surface area contributed by atoms with Crippen LogP contribution in [0.1, 0.15) is 17.3 Å². The van der Waals surface area contributed by atoms with E-state index in [1.165, 1.54) is 12.1 Å². The van der Waals surface area contributed by atoms with Crippen molar-refractivity contribution in [3.8, 4) is 0 Å². The van der Waals surface area contributed by atoms with Crippen molar-refractivity contribution in [1.82, 2.24) is 4.90 Å². The summed E-state index contributed by atoms with van der Waals surface area (Å²) in [5, 5.41) is 19.9. The number of halogens is 1. The normalized spacial score (nSPS) is 10.1. The first-order chi connectivity index (χ1) is 9.36. The highest BCUT2D eigenvalue weighted by atomic mass is 35.5. The minimum Gasteiger partial charge on any atom is -0.477 e. The number of nitro benzene ring substituents is 1. The number of benzene rings is 1. The third kappa shape index (κ3) is 5.20. The lowest BCUT2D eigenvalue weighted by Crippen LogP contribution is -2.31. The van der Waals surface area contributed by atoms with Crippen LogP contribution in [-0.2, 0) is 0 Å². The van der Waals surface area contributed by atoms with E-state index >= 15 is 0 Å². The largest absolute Gasteiger partial charge is 0.477 e. The molecular formula is C13H20ClN3O4. The van der Waals surface area contributed by atoms with Crippen LogP contribution in [0, 0.1) is 10.1 Å². The van der Waals surface area contributed by atoms with Gasteiger partial charge < -0.3 is 14.9 Å². The summed E-state index contributed by atoms with van der Waals surface area (Å²) in [7, 11) is 3.90. The molecule has 0 heterocycles. The highest BCUT2D eigenvalue weighted by Crippen LogP contribution is 2.25. The molecule has 0 bridgehead atoms. The molecule has 0 amide bonds. The molecule has 1 aromatic carbocycles. The van der Waals surface area contributed by atoms with Gasteiger partial charge in [-0.05, 0) is 33.2 Å². The van der Waals surface area contributed by atoms with E-state index in [2.05, 4.69) is 0 Å². The molecular weight excluding hydrogens is 298 g/mol. The summed E-state index contributed by atoms with van der Waals surface area (Å²) < 4.78 is 0. The fraction of sp³-hybridized carbons (Fsp3) is 0.462. The van der Waals surface area contributed by atoms with Crippen molar-refractivity contribution in [3.05, 3.63) is 33.9 Å². The molecule has 0 saturated heterocycles. The molecule has 0 aromatic heterocycles. The van der Waals surface area contributed by atoms with Crippen LogP contribution >= 0.6 is 12.4 Å². The predicted molar refractivity (Wildman–Crippen MR) is 83.7 cm³/mol. The van der Waals surface area contributed by atoms with E-state index in [0.29, 0.717) is 18.8 Å². The van der Waals surface area contributed by atoms with Gasteiger partial charge in [-0.25, -0.2) is 4.79 Å². The standard InChI is InChI=1S/C13H19N3O4.ClH/c1-4-15(8-7-14(2)3)10-5-6-11(13(17)18)12(9-10)16(19)20;/h5-6,9H,4,7-8H2,1-3H3,(H,17,18);1H. The van der Waals surface area contributed by atoms with E-state index in [1.807, 2.05) is 30.8 Å². The average molecular weight is 318 g/mol. The van der Waals surface area contributed by atoms with Crippen molar-refractivity contribution >= 4 is 29.8 Å². The summed E-state index contributed by atoms with van der Waals surface area (Å²) >= 11 is 0. The van der Waals surface area contributed by atoms with Crippen molar-refractivity contribution in [3.63, 3.8) is 0 Å². The van der Waals surface area contributed by atoms with E-state index in [-0.39, 0.29) is 23.7 Å². The summed E-state index contributed by atoms with van der Waals surface area (Å²) in [6.45, 7) is 4.17. The van der Waals surface area contributed by atoms with Gasteiger partial charge in [0.1, 0.15) is 5.56 Å². The summed E-state index contributed by atoms with van der Waals surface area (Å²) in [5.74, 6) is -1.29. The zero-order chi connectivity index (χ0) is 15.3. The fourth-order valence-corrected chi connectivity index (χ4v) is 1.84. The molecule has 0 spiro atoms. The van der Waals surface area contributed by atoms with Crippen molar-refractivity contribution < 1.29 is 14.8 Å². The maximum Gasteiger partial charge on any atom is 0.342 e. The number of anilines is 1. The van der Waals surface area contributed by atoms with Crippen molar-refractivity contribution in [1.29, 1.82) is 0 Å². The number of hydrogen-bond donors (Lipinski definition) is 1. The Hall–Kier alpha value is -1.86. The predicted octanol–water partition coefficient (Wildman–Crippen LogP) is 2.10. The smallest absolute Gasteiger partial charge is 0.342 e. The topological polar surface area (TPSA) is 86.9 Å². The van der Waals surface area contributed by atoms with Crippen LogP contribution in [0.15, 0.2) is 18.2 Å². The summed E-state index contributed by atoms with van der Waals surface area (Å²) in [6.07, 6.45) is 0. The van der Waals surface area contributed by atoms with Gasteiger partial charge in [-0.3, -0.25) is 10.1 Å². The SMILES string of the molecule is CCN(CCN(C)C)c1ccc(C(=O)O)c([N+](=O)[O-])c1.Cl. The second-order valence-electron chi connectivity index (χ2n) is 4.65. The Kier molecular flexibility index (Phi) is 7.69. The van der Waals surface area contributed by atoms with Gasteiger partial charge in [-0.2, -0.15) is 0 Å². The highest BCUT2D eigenvalue weighted by Gasteiger charge is 2.21. The third-order valence-electron chi connectivity index (χ3n) is 2.97. The van der Waals surface area contributed by atoms with Gasteiger partial charge in [0.05, 0.1) is 4.92 Å². The van der Waals surface area contributed by atoms with Crippen LogP contribution in [0.25, 0.3) is 0 Å². The van der Waals surface area contributed by atoms with Crippen LogP contribution in [0.3, 0.4) is 0 Å². The summed E-state index contributed by atoms with van der Waals surface area (Å²) in [6, 6.07) is 4.21. The Balaban J connectivity index is 0.00000400. The molecule has 0 aliphatic carbocycles. The molecule has 0 fully saturated rings. The van der Waals surface area contributed by atoms with Gasteiger partial charge >= 0.3 is 5.97 Å². The van der Waals surface area contributed by atoms with Crippen LogP contribution in [0.2, 0.25) is 0 Å². The Bertz CT molecular complexity index is 508. The molecule has 0 aliphatic heterocycles. The third-order valence-corrected chi connectivity index (χ3v) is 2.97. The first kappa shape index (κ1) is 19.1.